The normalized spacial score (nSPS) is 12.1. The number of nitrogens with zero attached hydrogens (tertiary/aromatic N) is 1. The lowest BCUT2D eigenvalue weighted by molar-refractivity contribution is -0.141. The van der Waals surface area contributed by atoms with E-state index in [4.69, 9.17) is 22.7 Å². The van der Waals surface area contributed by atoms with Gasteiger partial charge in [-0.3, -0.25) is 0 Å². The van der Waals surface area contributed by atoms with E-state index >= 15 is 0 Å². The van der Waals surface area contributed by atoms with Crippen molar-refractivity contribution in [3.05, 3.63) is 23.4 Å². The van der Waals surface area contributed by atoms with Crippen LogP contribution in [0.4, 0.5) is 5.82 Å². The summed E-state index contributed by atoms with van der Waals surface area (Å²) in [7, 11) is 1.37. The average molecular weight is 295 g/mol. The van der Waals surface area contributed by atoms with Crippen molar-refractivity contribution in [2.75, 3.05) is 12.4 Å². The Bertz CT molecular complexity index is 503. The summed E-state index contributed by atoms with van der Waals surface area (Å²) in [6.45, 7) is 5.94. The Balaban J connectivity index is 3.06. The predicted molar refractivity (Wildman–Crippen MR) is 83.7 cm³/mol. The van der Waals surface area contributed by atoms with E-state index in [1.807, 2.05) is 26.8 Å². The van der Waals surface area contributed by atoms with E-state index in [9.17, 15) is 4.79 Å². The monoisotopic (exact) mass is 295 g/mol. The number of hydrogen-bond acceptors (Lipinski definition) is 5. The zero-order valence-electron chi connectivity index (χ0n) is 12.3. The van der Waals surface area contributed by atoms with Crippen LogP contribution < -0.4 is 11.1 Å². The number of thiocarbonyl (C=S) groups is 1. The van der Waals surface area contributed by atoms with Crippen LogP contribution in [0.15, 0.2) is 12.1 Å². The minimum absolute atomic E-state index is 0.244. The van der Waals surface area contributed by atoms with Crippen molar-refractivity contribution in [2.24, 2.45) is 11.7 Å². The molecule has 0 amide bonds. The summed E-state index contributed by atoms with van der Waals surface area (Å²) in [6, 6.07) is 3.16. The highest BCUT2D eigenvalue weighted by Crippen LogP contribution is 2.17. The fourth-order valence-electron chi connectivity index (χ4n) is 1.86. The second kappa shape index (κ2) is 7.19. The molecule has 0 aliphatic carbocycles. The zero-order valence-corrected chi connectivity index (χ0v) is 13.1. The smallest absolute Gasteiger partial charge is 0.328 e. The van der Waals surface area contributed by atoms with Crippen molar-refractivity contribution in [1.29, 1.82) is 0 Å². The highest BCUT2D eigenvalue weighted by atomic mass is 32.1. The van der Waals surface area contributed by atoms with Gasteiger partial charge in [0.2, 0.25) is 0 Å². The number of nitrogens with two attached hydrogens (primary N) is 1. The van der Waals surface area contributed by atoms with Gasteiger partial charge < -0.3 is 15.8 Å². The minimum atomic E-state index is -0.470. The average Bonchev–Trinajstić information content (AvgIpc) is 2.36. The van der Waals surface area contributed by atoms with Crippen LogP contribution in [0.1, 0.15) is 31.5 Å². The van der Waals surface area contributed by atoms with Crippen LogP contribution in [0, 0.1) is 12.8 Å². The van der Waals surface area contributed by atoms with E-state index in [1.165, 1.54) is 7.11 Å². The Morgan fingerprint density at radius 2 is 2.15 bits per heavy atom. The SMILES string of the molecule is COC(=O)C(CC(C)C)Nc1nc(C)ccc1C(N)=S. The molecule has 0 bridgehead atoms. The predicted octanol–water partition coefficient (Wildman–Crippen LogP) is 2.02. The number of aryl methyl sites for hydroxylation is 1. The minimum Gasteiger partial charge on any atom is -0.467 e. The summed E-state index contributed by atoms with van der Waals surface area (Å²) in [6.07, 6.45) is 0.638. The lowest BCUT2D eigenvalue weighted by Gasteiger charge is -2.20. The summed E-state index contributed by atoms with van der Waals surface area (Å²) in [5.41, 5.74) is 7.13. The number of rotatable bonds is 6. The second-order valence-electron chi connectivity index (χ2n) is 5.06. The summed E-state index contributed by atoms with van der Waals surface area (Å²) in [5.74, 6) is 0.536. The molecule has 0 aromatic carbocycles. The second-order valence-corrected chi connectivity index (χ2v) is 5.50. The maximum absolute atomic E-state index is 11.8. The molecule has 1 atom stereocenters. The lowest BCUT2D eigenvalue weighted by atomic mass is 10.0. The molecule has 0 fully saturated rings. The first kappa shape index (κ1) is 16.4. The fourth-order valence-corrected chi connectivity index (χ4v) is 2.02. The number of hydrogen-bond donors (Lipinski definition) is 2. The number of aromatic nitrogens is 1. The van der Waals surface area contributed by atoms with Crippen LogP contribution in [-0.4, -0.2) is 29.1 Å². The molecule has 0 aliphatic heterocycles. The fraction of sp³-hybridized carbons (Fsp3) is 0.500. The van der Waals surface area contributed by atoms with Crippen molar-refractivity contribution in [1.82, 2.24) is 4.98 Å². The molecule has 0 radical (unpaired) electrons. The molecule has 5 nitrogen and oxygen atoms in total. The molecule has 0 saturated carbocycles. The number of carbonyl (C=O) groups excluding carboxylic acids is 1. The maximum atomic E-state index is 11.8. The van der Waals surface area contributed by atoms with Crippen molar-refractivity contribution in [3.8, 4) is 0 Å². The van der Waals surface area contributed by atoms with Crippen LogP contribution in [0.2, 0.25) is 0 Å². The molecule has 1 rings (SSSR count). The van der Waals surface area contributed by atoms with Gasteiger partial charge >= 0.3 is 5.97 Å². The van der Waals surface area contributed by atoms with E-state index in [2.05, 4.69) is 10.3 Å². The zero-order chi connectivity index (χ0) is 15.3. The first-order valence-corrected chi connectivity index (χ1v) is 6.87. The Labute approximate surface area is 124 Å². The molecule has 110 valence electrons. The number of pyridine rings is 1. The molecule has 1 aromatic heterocycles. The number of nitrogens with one attached hydrogen (secondary N) is 1. The standard InChI is InChI=1S/C14H21N3O2S/c1-8(2)7-11(14(18)19-4)17-13-10(12(15)20)6-5-9(3)16-13/h5-6,8,11H,7H2,1-4H3,(H2,15,20)(H,16,17). The molecular formula is C14H21N3O2S. The van der Waals surface area contributed by atoms with E-state index in [1.54, 1.807) is 6.07 Å². The van der Waals surface area contributed by atoms with Gasteiger partial charge in [0.25, 0.3) is 0 Å². The highest BCUT2D eigenvalue weighted by molar-refractivity contribution is 7.80. The molecule has 0 aliphatic rings. The molecule has 6 heteroatoms. The van der Waals surface area contributed by atoms with Gasteiger partial charge in [-0.15, -0.1) is 0 Å². The van der Waals surface area contributed by atoms with Crippen LogP contribution in [0.25, 0.3) is 0 Å². The van der Waals surface area contributed by atoms with E-state index in [0.29, 0.717) is 23.7 Å². The molecule has 1 unspecified atom stereocenters. The van der Waals surface area contributed by atoms with Gasteiger partial charge in [-0.25, -0.2) is 9.78 Å². The largest absolute Gasteiger partial charge is 0.467 e. The molecule has 0 saturated heterocycles. The Hall–Kier alpha value is -1.69. The van der Waals surface area contributed by atoms with Gasteiger partial charge in [0, 0.05) is 5.69 Å². The highest BCUT2D eigenvalue weighted by Gasteiger charge is 2.22. The van der Waals surface area contributed by atoms with E-state index in [0.717, 1.165) is 5.69 Å². The van der Waals surface area contributed by atoms with Crippen LogP contribution in [0.5, 0.6) is 0 Å². The lowest BCUT2D eigenvalue weighted by Crippen LogP contribution is -2.33. The van der Waals surface area contributed by atoms with Gasteiger partial charge in [0.05, 0.1) is 12.7 Å². The number of anilines is 1. The third-order valence-electron chi connectivity index (χ3n) is 2.80. The van der Waals surface area contributed by atoms with Crippen LogP contribution >= 0.6 is 12.2 Å². The Kier molecular flexibility index (Phi) is 5.88. The molecule has 0 spiro atoms. The molecule has 3 N–H and O–H groups in total. The van der Waals surface area contributed by atoms with Gasteiger partial charge in [0.1, 0.15) is 16.8 Å². The first-order valence-electron chi connectivity index (χ1n) is 6.47. The topological polar surface area (TPSA) is 77.2 Å². The third-order valence-corrected chi connectivity index (χ3v) is 3.02. The number of carbonyl (C=O) groups is 1. The maximum Gasteiger partial charge on any atom is 0.328 e. The van der Waals surface area contributed by atoms with Gasteiger partial charge in [-0.05, 0) is 31.4 Å². The number of methoxy groups -OCH3 is 1. The van der Waals surface area contributed by atoms with Gasteiger partial charge in [-0.1, -0.05) is 26.1 Å². The first-order chi connectivity index (χ1) is 9.35. The summed E-state index contributed by atoms with van der Waals surface area (Å²) in [4.78, 5) is 16.5. The van der Waals surface area contributed by atoms with Crippen molar-refractivity contribution < 1.29 is 9.53 Å². The third kappa shape index (κ3) is 4.45. The quantitative estimate of drug-likeness (QED) is 0.617. The number of ether oxygens (including phenoxy) is 1. The van der Waals surface area contributed by atoms with E-state index in [-0.39, 0.29) is 11.0 Å². The molecular weight excluding hydrogens is 274 g/mol. The molecule has 1 aromatic rings. The van der Waals surface area contributed by atoms with Crippen molar-refractivity contribution in [3.63, 3.8) is 0 Å². The summed E-state index contributed by atoms with van der Waals surface area (Å²) < 4.78 is 4.82. The van der Waals surface area contributed by atoms with Crippen molar-refractivity contribution in [2.45, 2.75) is 33.2 Å². The van der Waals surface area contributed by atoms with Crippen LogP contribution in [-0.2, 0) is 9.53 Å². The van der Waals surface area contributed by atoms with Gasteiger partial charge in [-0.2, -0.15) is 0 Å². The summed E-state index contributed by atoms with van der Waals surface area (Å²) >= 11 is 5.01. The van der Waals surface area contributed by atoms with Crippen LogP contribution in [0.3, 0.4) is 0 Å². The Morgan fingerprint density at radius 1 is 1.50 bits per heavy atom. The molecule has 20 heavy (non-hydrogen) atoms. The molecule has 1 heterocycles. The number of esters is 1. The van der Waals surface area contributed by atoms with Gasteiger partial charge in [0.15, 0.2) is 0 Å². The van der Waals surface area contributed by atoms with Crippen molar-refractivity contribution >= 4 is 29.0 Å². The summed E-state index contributed by atoms with van der Waals surface area (Å²) in [5, 5.41) is 3.10. The van der Waals surface area contributed by atoms with E-state index < -0.39 is 6.04 Å². The Morgan fingerprint density at radius 3 is 2.65 bits per heavy atom.